The molecule has 1 aromatic carbocycles. The number of ether oxygens (including phenoxy) is 1. The molecule has 0 bridgehead atoms. The molecule has 5 heteroatoms. The van der Waals surface area contributed by atoms with E-state index in [1.807, 2.05) is 6.07 Å². The Kier molecular flexibility index (Phi) is 4.36. The Balaban J connectivity index is 1.79. The molecule has 2 atom stereocenters. The molecule has 3 rings (SSSR count). The van der Waals surface area contributed by atoms with Crippen LogP contribution in [0.4, 0.5) is 0 Å². The quantitative estimate of drug-likeness (QED) is 0.898. The van der Waals surface area contributed by atoms with Gasteiger partial charge in [-0.3, -0.25) is 4.79 Å². The summed E-state index contributed by atoms with van der Waals surface area (Å²) in [5.74, 6) is 0.613. The number of carbonyl (C=O) groups excluding carboxylic acids is 1. The first-order valence-electron chi connectivity index (χ1n) is 7.68. The van der Waals surface area contributed by atoms with Gasteiger partial charge in [-0.1, -0.05) is 18.5 Å². The van der Waals surface area contributed by atoms with Crippen molar-refractivity contribution >= 4 is 17.5 Å². The number of benzene rings is 1. The van der Waals surface area contributed by atoms with E-state index in [1.165, 1.54) is 6.42 Å². The minimum atomic E-state index is -0.0869. The van der Waals surface area contributed by atoms with E-state index in [-0.39, 0.29) is 11.9 Å². The number of hydrogen-bond acceptors (Lipinski definition) is 3. The Morgan fingerprint density at radius 1 is 1.57 bits per heavy atom. The van der Waals surface area contributed by atoms with Crippen LogP contribution in [0.5, 0.6) is 5.75 Å². The SMILES string of the molecule is CCC(NC(=O)c1cc(Cl)cc2c1OCC2)C1CCCN1. The Hall–Kier alpha value is -1.26. The van der Waals surface area contributed by atoms with Gasteiger partial charge in [0.2, 0.25) is 0 Å². The van der Waals surface area contributed by atoms with E-state index >= 15 is 0 Å². The second kappa shape index (κ2) is 6.24. The van der Waals surface area contributed by atoms with Crippen LogP contribution in [-0.4, -0.2) is 31.1 Å². The first-order valence-corrected chi connectivity index (χ1v) is 8.06. The van der Waals surface area contributed by atoms with Crippen molar-refractivity contribution in [1.29, 1.82) is 0 Å². The highest BCUT2D eigenvalue weighted by Gasteiger charge is 2.27. The average molecular weight is 309 g/mol. The third kappa shape index (κ3) is 3.01. The van der Waals surface area contributed by atoms with Crippen molar-refractivity contribution in [2.24, 2.45) is 0 Å². The largest absolute Gasteiger partial charge is 0.492 e. The van der Waals surface area contributed by atoms with Gasteiger partial charge in [0.05, 0.1) is 12.2 Å². The lowest BCUT2D eigenvalue weighted by atomic mass is 10.0. The van der Waals surface area contributed by atoms with Crippen molar-refractivity contribution in [3.8, 4) is 5.75 Å². The first kappa shape index (κ1) is 14.7. The monoisotopic (exact) mass is 308 g/mol. The summed E-state index contributed by atoms with van der Waals surface area (Å²) in [5, 5.41) is 7.19. The highest BCUT2D eigenvalue weighted by molar-refractivity contribution is 6.31. The van der Waals surface area contributed by atoms with E-state index in [4.69, 9.17) is 16.3 Å². The summed E-state index contributed by atoms with van der Waals surface area (Å²) in [5.41, 5.74) is 1.59. The summed E-state index contributed by atoms with van der Waals surface area (Å²) in [6.45, 7) is 3.76. The van der Waals surface area contributed by atoms with Crippen LogP contribution in [0.15, 0.2) is 12.1 Å². The molecule has 0 saturated carbocycles. The zero-order valence-corrected chi connectivity index (χ0v) is 13.0. The molecule has 114 valence electrons. The summed E-state index contributed by atoms with van der Waals surface area (Å²) >= 11 is 6.12. The molecular formula is C16H21ClN2O2. The van der Waals surface area contributed by atoms with Crippen LogP contribution in [0, 0.1) is 0 Å². The van der Waals surface area contributed by atoms with Gasteiger partial charge in [0, 0.05) is 23.5 Å². The molecule has 1 aromatic rings. The van der Waals surface area contributed by atoms with Crippen molar-refractivity contribution in [1.82, 2.24) is 10.6 Å². The number of amides is 1. The van der Waals surface area contributed by atoms with Crippen LogP contribution < -0.4 is 15.4 Å². The van der Waals surface area contributed by atoms with E-state index in [0.717, 1.165) is 31.4 Å². The zero-order chi connectivity index (χ0) is 14.8. The highest BCUT2D eigenvalue weighted by Crippen LogP contribution is 2.33. The van der Waals surface area contributed by atoms with Gasteiger partial charge >= 0.3 is 0 Å². The number of fused-ring (bicyclic) bond motifs is 1. The Labute approximate surface area is 130 Å². The number of hydrogen-bond donors (Lipinski definition) is 2. The lowest BCUT2D eigenvalue weighted by Crippen LogP contribution is -2.47. The number of nitrogens with one attached hydrogen (secondary N) is 2. The molecule has 0 aliphatic carbocycles. The lowest BCUT2D eigenvalue weighted by Gasteiger charge is -2.24. The van der Waals surface area contributed by atoms with Crippen LogP contribution in [-0.2, 0) is 6.42 Å². The van der Waals surface area contributed by atoms with Gasteiger partial charge in [0.25, 0.3) is 5.91 Å². The van der Waals surface area contributed by atoms with Gasteiger partial charge in [-0.05, 0) is 43.5 Å². The molecule has 1 fully saturated rings. The summed E-state index contributed by atoms with van der Waals surface area (Å²) < 4.78 is 5.61. The second-order valence-corrected chi connectivity index (χ2v) is 6.17. The van der Waals surface area contributed by atoms with Crippen molar-refractivity contribution in [2.45, 2.75) is 44.7 Å². The van der Waals surface area contributed by atoms with Gasteiger partial charge in [0.15, 0.2) is 0 Å². The molecule has 2 unspecified atom stereocenters. The summed E-state index contributed by atoms with van der Waals surface area (Å²) in [6, 6.07) is 4.11. The van der Waals surface area contributed by atoms with Crippen molar-refractivity contribution in [2.75, 3.05) is 13.2 Å². The Morgan fingerprint density at radius 3 is 3.14 bits per heavy atom. The topological polar surface area (TPSA) is 50.4 Å². The molecule has 21 heavy (non-hydrogen) atoms. The second-order valence-electron chi connectivity index (χ2n) is 5.73. The predicted octanol–water partition coefficient (Wildman–Crippen LogP) is 2.54. The van der Waals surface area contributed by atoms with Gasteiger partial charge < -0.3 is 15.4 Å². The van der Waals surface area contributed by atoms with Gasteiger partial charge in [-0.15, -0.1) is 0 Å². The standard InChI is InChI=1S/C16H21ClN2O2/c1-2-13(14-4-3-6-18-14)19-16(20)12-9-11(17)8-10-5-7-21-15(10)12/h8-9,13-14,18H,2-7H2,1H3,(H,19,20). The molecule has 4 nitrogen and oxygen atoms in total. The smallest absolute Gasteiger partial charge is 0.255 e. The summed E-state index contributed by atoms with van der Waals surface area (Å²) in [4.78, 5) is 12.6. The minimum absolute atomic E-state index is 0.0869. The number of halogens is 1. The molecule has 2 N–H and O–H groups in total. The van der Waals surface area contributed by atoms with E-state index in [9.17, 15) is 4.79 Å². The van der Waals surface area contributed by atoms with E-state index in [1.54, 1.807) is 6.07 Å². The van der Waals surface area contributed by atoms with Gasteiger partial charge in [-0.25, -0.2) is 0 Å². The Morgan fingerprint density at radius 2 is 2.43 bits per heavy atom. The maximum absolute atomic E-state index is 12.6. The molecule has 0 radical (unpaired) electrons. The van der Waals surface area contributed by atoms with Crippen molar-refractivity contribution in [3.05, 3.63) is 28.3 Å². The minimum Gasteiger partial charge on any atom is -0.492 e. The maximum atomic E-state index is 12.6. The maximum Gasteiger partial charge on any atom is 0.255 e. The molecule has 2 aliphatic heterocycles. The van der Waals surface area contributed by atoms with Crippen LogP contribution in [0.1, 0.15) is 42.1 Å². The lowest BCUT2D eigenvalue weighted by molar-refractivity contribution is 0.0924. The zero-order valence-electron chi connectivity index (χ0n) is 12.2. The van der Waals surface area contributed by atoms with E-state index in [0.29, 0.717) is 29.0 Å². The molecular weight excluding hydrogens is 288 g/mol. The molecule has 0 aromatic heterocycles. The Bertz CT molecular complexity index is 541. The molecule has 1 amide bonds. The normalized spacial score (nSPS) is 21.7. The predicted molar refractivity (Wildman–Crippen MR) is 83.2 cm³/mol. The fourth-order valence-electron chi connectivity index (χ4n) is 3.23. The van der Waals surface area contributed by atoms with Crippen molar-refractivity contribution in [3.63, 3.8) is 0 Å². The molecule has 0 spiro atoms. The average Bonchev–Trinajstić information content (AvgIpc) is 3.14. The van der Waals surface area contributed by atoms with Crippen LogP contribution in [0.25, 0.3) is 0 Å². The summed E-state index contributed by atoms with van der Waals surface area (Å²) in [6.07, 6.45) is 4.01. The number of rotatable bonds is 4. The summed E-state index contributed by atoms with van der Waals surface area (Å²) in [7, 11) is 0. The van der Waals surface area contributed by atoms with Crippen molar-refractivity contribution < 1.29 is 9.53 Å². The van der Waals surface area contributed by atoms with Gasteiger partial charge in [-0.2, -0.15) is 0 Å². The van der Waals surface area contributed by atoms with Gasteiger partial charge in [0.1, 0.15) is 5.75 Å². The molecule has 2 aliphatic rings. The van der Waals surface area contributed by atoms with E-state index < -0.39 is 0 Å². The fraction of sp³-hybridized carbons (Fsp3) is 0.562. The molecule has 1 saturated heterocycles. The third-order valence-electron chi connectivity index (χ3n) is 4.33. The van der Waals surface area contributed by atoms with Crippen LogP contribution >= 0.6 is 11.6 Å². The third-order valence-corrected chi connectivity index (χ3v) is 4.55. The number of carbonyl (C=O) groups is 1. The van der Waals surface area contributed by atoms with Crippen LogP contribution in [0.2, 0.25) is 5.02 Å². The molecule has 2 heterocycles. The van der Waals surface area contributed by atoms with Crippen LogP contribution in [0.3, 0.4) is 0 Å². The fourth-order valence-corrected chi connectivity index (χ4v) is 3.47. The van der Waals surface area contributed by atoms with E-state index in [2.05, 4.69) is 17.6 Å². The first-order chi connectivity index (χ1) is 10.2. The highest BCUT2D eigenvalue weighted by atomic mass is 35.5.